The lowest BCUT2D eigenvalue weighted by Crippen LogP contribution is -2.44. The first-order chi connectivity index (χ1) is 22.4. The fourth-order valence-corrected chi connectivity index (χ4v) is 4.87. The maximum absolute atomic E-state index is 13.7. The van der Waals surface area contributed by atoms with Gasteiger partial charge in [0.25, 0.3) is 11.8 Å². The minimum absolute atomic E-state index is 0.0136. The molecule has 0 unspecified atom stereocenters. The number of carbonyl (C=O) groups is 3. The van der Waals surface area contributed by atoms with Crippen LogP contribution in [0.1, 0.15) is 25.0 Å². The number of hydrogen-bond acceptors (Lipinski definition) is 8. The first kappa shape index (κ1) is 31.6. The van der Waals surface area contributed by atoms with Crippen LogP contribution in [0, 0.1) is 11.3 Å². The van der Waals surface area contributed by atoms with Gasteiger partial charge in [0.2, 0.25) is 0 Å². The topological polar surface area (TPSA) is 124 Å². The number of ether oxygens (including phenoxy) is 3. The molecule has 1 aliphatic heterocycles. The smallest absolute Gasteiger partial charge is 0.302 e. The first-order valence-electron chi connectivity index (χ1n) is 14.7. The molecule has 0 saturated heterocycles. The van der Waals surface area contributed by atoms with Gasteiger partial charge in [0.1, 0.15) is 30.6 Å². The molecule has 1 aliphatic rings. The molecule has 10 nitrogen and oxygen atoms in total. The van der Waals surface area contributed by atoms with Gasteiger partial charge >= 0.3 is 5.97 Å². The molecule has 0 radical (unpaired) electrons. The Kier molecular flexibility index (Phi) is 10.2. The van der Waals surface area contributed by atoms with Crippen molar-refractivity contribution in [3.05, 3.63) is 119 Å². The van der Waals surface area contributed by atoms with E-state index in [1.165, 1.54) is 6.92 Å². The molecule has 232 valence electrons. The molecular formula is C36H32N4O6. The highest BCUT2D eigenvalue weighted by Gasteiger charge is 2.35. The molecule has 2 heterocycles. The summed E-state index contributed by atoms with van der Waals surface area (Å²) in [6, 6.07) is 28.9. The molecule has 0 aliphatic carbocycles. The number of nitrogens with zero attached hydrogens (tertiary/aromatic N) is 4. The van der Waals surface area contributed by atoms with Gasteiger partial charge in [-0.2, -0.15) is 10.4 Å². The Morgan fingerprint density at radius 3 is 2.28 bits per heavy atom. The van der Waals surface area contributed by atoms with Crippen molar-refractivity contribution in [3.8, 4) is 28.8 Å². The average Bonchev–Trinajstić information content (AvgIpc) is 3.50. The molecule has 2 amide bonds. The SMILES string of the molecule is CC(=O)OCCOCCN1C(=O)C(C#N)=C(C)/C(=C\c2cn(-c3ccccc3)nc2-c2ccc(OCc3ccccc3)cc2)C1=O. The highest BCUT2D eigenvalue weighted by Crippen LogP contribution is 2.32. The van der Waals surface area contributed by atoms with Gasteiger partial charge < -0.3 is 14.2 Å². The van der Waals surface area contributed by atoms with Gasteiger partial charge in [-0.25, -0.2) is 4.68 Å². The zero-order valence-electron chi connectivity index (χ0n) is 25.5. The van der Waals surface area contributed by atoms with Crippen LogP contribution in [0.25, 0.3) is 23.0 Å². The Bertz CT molecular complexity index is 1820. The molecule has 3 aromatic carbocycles. The Labute approximate surface area is 266 Å². The standard InChI is InChI=1S/C36H32N4O6/c1-25-32(35(42)39(36(43)33(25)22-37)17-18-44-19-20-45-26(2)41)21-29-23-40(30-11-7-4-8-12-30)38-34(29)28-13-15-31(16-14-28)46-24-27-9-5-3-6-10-27/h3-16,21,23H,17-20,24H2,1-2H3/b32-21+. The molecule has 46 heavy (non-hydrogen) atoms. The van der Waals surface area contributed by atoms with E-state index in [2.05, 4.69) is 0 Å². The van der Waals surface area contributed by atoms with Crippen LogP contribution in [0.4, 0.5) is 0 Å². The van der Waals surface area contributed by atoms with Crippen molar-refractivity contribution in [2.24, 2.45) is 0 Å². The Morgan fingerprint density at radius 1 is 0.913 bits per heavy atom. The summed E-state index contributed by atoms with van der Waals surface area (Å²) in [4.78, 5) is 38.7. The van der Waals surface area contributed by atoms with Crippen molar-refractivity contribution in [3.63, 3.8) is 0 Å². The van der Waals surface area contributed by atoms with E-state index < -0.39 is 17.8 Å². The number of amides is 2. The molecule has 10 heteroatoms. The number of nitriles is 1. The predicted molar refractivity (Wildman–Crippen MR) is 170 cm³/mol. The summed E-state index contributed by atoms with van der Waals surface area (Å²) in [5.41, 5.74) is 4.24. The van der Waals surface area contributed by atoms with Gasteiger partial charge in [0, 0.05) is 29.8 Å². The summed E-state index contributed by atoms with van der Waals surface area (Å²) in [5, 5.41) is 14.7. The van der Waals surface area contributed by atoms with Crippen LogP contribution >= 0.6 is 0 Å². The van der Waals surface area contributed by atoms with Crippen LogP contribution in [-0.4, -0.2) is 58.8 Å². The summed E-state index contributed by atoms with van der Waals surface area (Å²) in [6.07, 6.45) is 3.47. The zero-order valence-corrected chi connectivity index (χ0v) is 25.5. The fraction of sp³-hybridized carbons (Fsp3) is 0.194. The molecule has 0 saturated carbocycles. The summed E-state index contributed by atoms with van der Waals surface area (Å²) >= 11 is 0. The van der Waals surface area contributed by atoms with Crippen molar-refractivity contribution in [1.29, 1.82) is 5.26 Å². The van der Waals surface area contributed by atoms with Crippen molar-refractivity contribution >= 4 is 23.9 Å². The maximum Gasteiger partial charge on any atom is 0.302 e. The van der Waals surface area contributed by atoms with E-state index in [0.29, 0.717) is 23.6 Å². The van der Waals surface area contributed by atoms with Gasteiger partial charge in [-0.05, 0) is 60.5 Å². The highest BCUT2D eigenvalue weighted by molar-refractivity contribution is 6.19. The second-order valence-electron chi connectivity index (χ2n) is 10.4. The number of rotatable bonds is 12. The second-order valence-corrected chi connectivity index (χ2v) is 10.4. The summed E-state index contributed by atoms with van der Waals surface area (Å²) in [6.45, 7) is 3.42. The third-order valence-corrected chi connectivity index (χ3v) is 7.26. The van der Waals surface area contributed by atoms with E-state index in [1.54, 1.807) is 17.7 Å². The molecule has 0 atom stereocenters. The van der Waals surface area contributed by atoms with Gasteiger partial charge in [-0.1, -0.05) is 48.5 Å². The Morgan fingerprint density at radius 2 is 1.61 bits per heavy atom. The molecular weight excluding hydrogens is 584 g/mol. The third-order valence-electron chi connectivity index (χ3n) is 7.26. The number of imide groups is 1. The lowest BCUT2D eigenvalue weighted by molar-refractivity contribution is -0.142. The molecule has 1 aromatic heterocycles. The van der Waals surface area contributed by atoms with E-state index in [9.17, 15) is 19.6 Å². The van der Waals surface area contributed by atoms with Gasteiger partial charge in [-0.15, -0.1) is 0 Å². The van der Waals surface area contributed by atoms with Crippen LogP contribution in [-0.2, 0) is 30.5 Å². The van der Waals surface area contributed by atoms with E-state index in [1.807, 2.05) is 97.2 Å². The van der Waals surface area contributed by atoms with E-state index in [0.717, 1.165) is 21.7 Å². The second kappa shape index (κ2) is 14.8. The molecule has 4 aromatic rings. The summed E-state index contributed by atoms with van der Waals surface area (Å²) < 4.78 is 18.0. The number of hydrogen-bond donors (Lipinski definition) is 0. The molecule has 0 fully saturated rings. The molecule has 0 spiro atoms. The molecule has 0 N–H and O–H groups in total. The number of para-hydroxylation sites is 1. The van der Waals surface area contributed by atoms with Crippen LogP contribution in [0.2, 0.25) is 0 Å². The quantitative estimate of drug-likeness (QED) is 0.0911. The summed E-state index contributed by atoms with van der Waals surface area (Å²) in [5.74, 6) is -0.967. The number of esters is 1. The number of carbonyl (C=O) groups excluding carboxylic acids is 3. The summed E-state index contributed by atoms with van der Waals surface area (Å²) in [7, 11) is 0. The first-order valence-corrected chi connectivity index (χ1v) is 14.7. The minimum atomic E-state index is -0.683. The van der Waals surface area contributed by atoms with E-state index >= 15 is 0 Å². The van der Waals surface area contributed by atoms with Crippen LogP contribution in [0.5, 0.6) is 5.75 Å². The Hall–Kier alpha value is -5.79. The largest absolute Gasteiger partial charge is 0.489 e. The minimum Gasteiger partial charge on any atom is -0.489 e. The lowest BCUT2D eigenvalue weighted by Gasteiger charge is -2.27. The van der Waals surface area contributed by atoms with E-state index in [-0.39, 0.29) is 43.1 Å². The fourth-order valence-electron chi connectivity index (χ4n) is 4.87. The Balaban J connectivity index is 1.45. The van der Waals surface area contributed by atoms with Crippen LogP contribution in [0.15, 0.2) is 108 Å². The number of aromatic nitrogens is 2. The third kappa shape index (κ3) is 7.46. The normalized spacial score (nSPS) is 14.0. The van der Waals surface area contributed by atoms with Crippen molar-refractivity contribution in [1.82, 2.24) is 14.7 Å². The zero-order chi connectivity index (χ0) is 32.5. The average molecular weight is 617 g/mol. The lowest BCUT2D eigenvalue weighted by atomic mass is 9.93. The predicted octanol–water partition coefficient (Wildman–Crippen LogP) is 5.29. The maximum atomic E-state index is 13.7. The molecule has 0 bridgehead atoms. The van der Waals surface area contributed by atoms with Crippen molar-refractivity contribution < 1.29 is 28.6 Å². The van der Waals surface area contributed by atoms with Gasteiger partial charge in [0.15, 0.2) is 0 Å². The van der Waals surface area contributed by atoms with Crippen LogP contribution < -0.4 is 4.74 Å². The van der Waals surface area contributed by atoms with Gasteiger partial charge in [-0.3, -0.25) is 19.3 Å². The van der Waals surface area contributed by atoms with Crippen molar-refractivity contribution in [2.75, 3.05) is 26.4 Å². The van der Waals surface area contributed by atoms with Crippen LogP contribution in [0.3, 0.4) is 0 Å². The van der Waals surface area contributed by atoms with Crippen molar-refractivity contribution in [2.45, 2.75) is 20.5 Å². The van der Waals surface area contributed by atoms with E-state index in [4.69, 9.17) is 19.3 Å². The van der Waals surface area contributed by atoms with Gasteiger partial charge in [0.05, 0.1) is 31.1 Å². The highest BCUT2D eigenvalue weighted by atomic mass is 16.6. The monoisotopic (exact) mass is 616 g/mol. The number of benzene rings is 3. The molecule has 5 rings (SSSR count).